The molecule has 2 heterocycles. The molecule has 7 nitrogen and oxygen atoms in total. The first-order valence-electron chi connectivity index (χ1n) is 10.0. The third-order valence-corrected chi connectivity index (χ3v) is 5.13. The van der Waals surface area contributed by atoms with Crippen molar-refractivity contribution >= 4 is 17.5 Å². The summed E-state index contributed by atoms with van der Waals surface area (Å²) >= 11 is 6.05. The van der Waals surface area contributed by atoms with Crippen molar-refractivity contribution in [3.05, 3.63) is 40.5 Å². The van der Waals surface area contributed by atoms with Gasteiger partial charge in [0.15, 0.2) is 5.82 Å². The fourth-order valence-electron chi connectivity index (χ4n) is 3.38. The monoisotopic (exact) mass is 421 g/mol. The summed E-state index contributed by atoms with van der Waals surface area (Å²) in [6.45, 7) is 6.06. The topological polar surface area (TPSA) is 77.7 Å². The molecular weight excluding hydrogens is 394 g/mol. The molecule has 1 aliphatic heterocycles. The largest absolute Gasteiger partial charge is 0.496 e. The summed E-state index contributed by atoms with van der Waals surface area (Å²) in [4.78, 5) is 19.1. The predicted molar refractivity (Wildman–Crippen MR) is 109 cm³/mol. The Hall–Kier alpha value is -2.12. The van der Waals surface area contributed by atoms with E-state index in [-0.39, 0.29) is 12.0 Å². The number of methoxy groups -OCH3 is 1. The van der Waals surface area contributed by atoms with Crippen LogP contribution in [-0.4, -0.2) is 53.9 Å². The number of nitrogens with zero attached hydrogens (tertiary/aromatic N) is 3. The highest BCUT2D eigenvalue weighted by Crippen LogP contribution is 2.25. The summed E-state index contributed by atoms with van der Waals surface area (Å²) in [6.07, 6.45) is 3.12. The van der Waals surface area contributed by atoms with E-state index in [1.165, 1.54) is 0 Å². The van der Waals surface area contributed by atoms with Crippen molar-refractivity contribution in [2.75, 3.05) is 26.8 Å². The van der Waals surface area contributed by atoms with Gasteiger partial charge in [-0.15, -0.1) is 0 Å². The Morgan fingerprint density at radius 1 is 1.34 bits per heavy atom. The van der Waals surface area contributed by atoms with E-state index in [9.17, 15) is 4.79 Å². The number of likely N-dealkylation sites (tertiary alicyclic amines) is 1. The van der Waals surface area contributed by atoms with Crippen molar-refractivity contribution in [2.24, 2.45) is 5.92 Å². The number of carbonyl (C=O) groups excluding carboxylic acids is 1. The van der Waals surface area contributed by atoms with E-state index >= 15 is 0 Å². The fourth-order valence-corrected chi connectivity index (χ4v) is 3.56. The van der Waals surface area contributed by atoms with E-state index in [4.69, 9.17) is 25.6 Å². The molecule has 0 aliphatic carbocycles. The Balaban J connectivity index is 1.44. The van der Waals surface area contributed by atoms with Crippen LogP contribution in [0.4, 0.5) is 0 Å². The number of hydrogen-bond donors (Lipinski definition) is 0. The van der Waals surface area contributed by atoms with Crippen molar-refractivity contribution in [3.8, 4) is 5.75 Å². The molecule has 29 heavy (non-hydrogen) atoms. The number of ether oxygens (including phenoxy) is 2. The molecule has 0 atom stereocenters. The molecule has 2 aromatic rings. The van der Waals surface area contributed by atoms with E-state index in [2.05, 4.69) is 24.0 Å². The lowest BCUT2D eigenvalue weighted by Gasteiger charge is -2.32. The van der Waals surface area contributed by atoms with Gasteiger partial charge in [0.2, 0.25) is 5.89 Å². The minimum atomic E-state index is -0.0627. The zero-order valence-corrected chi connectivity index (χ0v) is 17.9. The third-order valence-electron chi connectivity index (χ3n) is 4.89. The third kappa shape index (κ3) is 5.93. The van der Waals surface area contributed by atoms with Crippen LogP contribution in [0.5, 0.6) is 5.75 Å². The van der Waals surface area contributed by atoms with Crippen molar-refractivity contribution in [3.63, 3.8) is 0 Å². The van der Waals surface area contributed by atoms with E-state index in [1.807, 2.05) is 4.90 Å². The molecule has 8 heteroatoms. The Bertz CT molecular complexity index is 816. The number of rotatable bonds is 8. The summed E-state index contributed by atoms with van der Waals surface area (Å²) in [7, 11) is 1.55. The van der Waals surface area contributed by atoms with Crippen LogP contribution in [0, 0.1) is 5.92 Å². The summed E-state index contributed by atoms with van der Waals surface area (Å²) in [5.41, 5.74) is 0.494. The van der Waals surface area contributed by atoms with Crippen molar-refractivity contribution < 1.29 is 18.8 Å². The van der Waals surface area contributed by atoms with Crippen LogP contribution in [0.15, 0.2) is 22.7 Å². The van der Waals surface area contributed by atoms with Gasteiger partial charge in [-0.3, -0.25) is 4.79 Å². The molecule has 158 valence electrons. The fraction of sp³-hybridized carbons (Fsp3) is 0.571. The zero-order valence-electron chi connectivity index (χ0n) is 17.2. The van der Waals surface area contributed by atoms with Gasteiger partial charge in [0, 0.05) is 31.0 Å². The first kappa shape index (κ1) is 21.6. The molecule has 0 spiro atoms. The van der Waals surface area contributed by atoms with Gasteiger partial charge >= 0.3 is 0 Å². The minimum Gasteiger partial charge on any atom is -0.496 e. The molecule has 1 amide bonds. The number of benzene rings is 1. The van der Waals surface area contributed by atoms with E-state index in [1.54, 1.807) is 25.3 Å². The average molecular weight is 422 g/mol. The number of aromatic nitrogens is 2. The minimum absolute atomic E-state index is 0.0627. The number of piperidine rings is 1. The summed E-state index contributed by atoms with van der Waals surface area (Å²) in [5, 5.41) is 4.52. The van der Waals surface area contributed by atoms with Crippen LogP contribution < -0.4 is 4.74 Å². The van der Waals surface area contributed by atoms with Gasteiger partial charge in [-0.2, -0.15) is 4.98 Å². The maximum absolute atomic E-state index is 12.8. The maximum Gasteiger partial charge on any atom is 0.257 e. The summed E-state index contributed by atoms with van der Waals surface area (Å²) in [5.74, 6) is 2.32. The quantitative estimate of drug-likeness (QED) is 0.645. The zero-order chi connectivity index (χ0) is 20.8. The second-order valence-corrected chi connectivity index (χ2v) is 8.10. The van der Waals surface area contributed by atoms with Gasteiger partial charge < -0.3 is 18.9 Å². The van der Waals surface area contributed by atoms with Crippen LogP contribution in [0.1, 0.15) is 48.8 Å². The molecule has 3 rings (SSSR count). The predicted octanol–water partition coefficient (Wildman–Crippen LogP) is 3.79. The second-order valence-electron chi connectivity index (χ2n) is 7.66. The standard InChI is InChI=1S/C21H28ClN3O4/c1-14(2)12-20-23-19(24-29-20)8-11-28-16-6-9-25(10-7-16)21(26)17-13-15(22)4-5-18(17)27-3/h4-5,13-14,16H,6-12H2,1-3H3. The van der Waals surface area contributed by atoms with E-state index < -0.39 is 0 Å². The van der Waals surface area contributed by atoms with Crippen LogP contribution in [-0.2, 0) is 17.6 Å². The lowest BCUT2D eigenvalue weighted by molar-refractivity contribution is 0.00940. The SMILES string of the molecule is COc1ccc(Cl)cc1C(=O)N1CCC(OCCc2noc(CC(C)C)n2)CC1. The van der Waals surface area contributed by atoms with Crippen molar-refractivity contribution in [1.29, 1.82) is 0 Å². The Kier molecular flexibility index (Phi) is 7.50. The van der Waals surface area contributed by atoms with E-state index in [0.717, 1.165) is 19.3 Å². The first-order chi connectivity index (χ1) is 14.0. The summed E-state index contributed by atoms with van der Waals surface area (Å²) < 4.78 is 16.5. The molecule has 1 aliphatic rings. The molecule has 0 saturated carbocycles. The van der Waals surface area contributed by atoms with Gasteiger partial charge in [0.25, 0.3) is 5.91 Å². The number of carbonyl (C=O) groups is 1. The number of hydrogen-bond acceptors (Lipinski definition) is 6. The van der Waals surface area contributed by atoms with Crippen LogP contribution in [0.3, 0.4) is 0 Å². The van der Waals surface area contributed by atoms with Crippen LogP contribution >= 0.6 is 11.6 Å². The average Bonchev–Trinajstić information content (AvgIpc) is 3.14. The van der Waals surface area contributed by atoms with Gasteiger partial charge in [-0.25, -0.2) is 0 Å². The second kappa shape index (κ2) is 10.1. The Labute approximate surface area is 176 Å². The lowest BCUT2D eigenvalue weighted by atomic mass is 10.1. The normalized spacial score (nSPS) is 15.1. The first-order valence-corrected chi connectivity index (χ1v) is 10.4. The van der Waals surface area contributed by atoms with Crippen LogP contribution in [0.2, 0.25) is 5.02 Å². The molecule has 1 fully saturated rings. The molecule has 0 radical (unpaired) electrons. The van der Waals surface area contributed by atoms with Gasteiger partial charge in [-0.1, -0.05) is 30.6 Å². The van der Waals surface area contributed by atoms with E-state index in [0.29, 0.717) is 60.1 Å². The molecule has 0 N–H and O–H groups in total. The van der Waals surface area contributed by atoms with Crippen molar-refractivity contribution in [2.45, 2.75) is 45.6 Å². The molecule has 0 unspecified atom stereocenters. The maximum atomic E-state index is 12.8. The summed E-state index contributed by atoms with van der Waals surface area (Å²) in [6, 6.07) is 5.09. The number of amides is 1. The molecular formula is C21H28ClN3O4. The van der Waals surface area contributed by atoms with Crippen molar-refractivity contribution in [1.82, 2.24) is 15.0 Å². The van der Waals surface area contributed by atoms with Gasteiger partial charge in [0.1, 0.15) is 5.75 Å². The highest BCUT2D eigenvalue weighted by molar-refractivity contribution is 6.31. The van der Waals surface area contributed by atoms with Crippen LogP contribution in [0.25, 0.3) is 0 Å². The highest BCUT2D eigenvalue weighted by Gasteiger charge is 2.26. The molecule has 1 saturated heterocycles. The number of halogens is 1. The smallest absolute Gasteiger partial charge is 0.257 e. The Morgan fingerprint density at radius 2 is 2.10 bits per heavy atom. The van der Waals surface area contributed by atoms with Gasteiger partial charge in [0.05, 0.1) is 25.4 Å². The lowest BCUT2D eigenvalue weighted by Crippen LogP contribution is -2.41. The van der Waals surface area contributed by atoms with Gasteiger partial charge in [-0.05, 0) is 37.0 Å². The highest BCUT2D eigenvalue weighted by atomic mass is 35.5. The Morgan fingerprint density at radius 3 is 2.79 bits per heavy atom. The molecule has 1 aromatic heterocycles. The molecule has 1 aromatic carbocycles. The molecule has 0 bridgehead atoms.